The van der Waals surface area contributed by atoms with E-state index < -0.39 is 17.6 Å². The van der Waals surface area contributed by atoms with Crippen molar-refractivity contribution >= 4 is 11.7 Å². The fourth-order valence-electron chi connectivity index (χ4n) is 4.36. The molecule has 0 aliphatic carbocycles. The highest BCUT2D eigenvalue weighted by molar-refractivity contribution is 5.99. The van der Waals surface area contributed by atoms with Gasteiger partial charge >= 0.3 is 5.76 Å². The molecule has 1 saturated heterocycles. The first-order valence-electron chi connectivity index (χ1n) is 12.1. The number of Topliss-reactive ketones (excluding diaryl/α,β-unsaturated/α-hetero) is 1. The average Bonchev–Trinajstić information content (AvgIpc) is 3.40. The summed E-state index contributed by atoms with van der Waals surface area (Å²) in [5.74, 6) is -1.27. The van der Waals surface area contributed by atoms with Crippen molar-refractivity contribution in [3.8, 4) is 0 Å². The number of nitrogens with one attached hydrogen (secondary N) is 1. The third-order valence-corrected chi connectivity index (χ3v) is 5.99. The summed E-state index contributed by atoms with van der Waals surface area (Å²) in [4.78, 5) is 40.4. The molecular weight excluding hydrogens is 420 g/mol. The minimum Gasteiger partial charge on any atom is -0.384 e. The fourth-order valence-corrected chi connectivity index (χ4v) is 4.36. The number of nitrogens with zero attached hydrogens (tertiary/aromatic N) is 3. The molecule has 0 spiro atoms. The first kappa shape index (κ1) is 24.9. The Hall–Kier alpha value is -2.74. The Labute approximate surface area is 195 Å². The van der Waals surface area contributed by atoms with Crippen molar-refractivity contribution in [3.05, 3.63) is 52.3 Å². The molecule has 2 atom stereocenters. The van der Waals surface area contributed by atoms with Crippen LogP contribution in [0, 0.1) is 5.92 Å². The smallest absolute Gasteiger partial charge is 0.384 e. The van der Waals surface area contributed by atoms with Crippen molar-refractivity contribution in [2.75, 3.05) is 13.1 Å². The van der Waals surface area contributed by atoms with E-state index in [4.69, 9.17) is 4.42 Å². The highest BCUT2D eigenvalue weighted by atomic mass is 16.4. The highest BCUT2D eigenvalue weighted by Gasteiger charge is 2.34. The predicted molar refractivity (Wildman–Crippen MR) is 126 cm³/mol. The Morgan fingerprint density at radius 3 is 2.70 bits per heavy atom. The summed E-state index contributed by atoms with van der Waals surface area (Å²) in [7, 11) is 0. The molecule has 2 heterocycles. The molecule has 3 rings (SSSR count). The largest absolute Gasteiger partial charge is 0.437 e. The van der Waals surface area contributed by atoms with Gasteiger partial charge in [-0.15, -0.1) is 5.10 Å². The lowest BCUT2D eigenvalue weighted by Gasteiger charge is -2.25. The molecule has 1 amide bonds. The van der Waals surface area contributed by atoms with Crippen molar-refractivity contribution < 1.29 is 14.0 Å². The van der Waals surface area contributed by atoms with Gasteiger partial charge < -0.3 is 9.73 Å². The molecule has 8 nitrogen and oxygen atoms in total. The number of rotatable bonds is 12. The quantitative estimate of drug-likeness (QED) is 0.493. The van der Waals surface area contributed by atoms with Gasteiger partial charge in [-0.2, -0.15) is 4.68 Å². The molecule has 8 heteroatoms. The number of aryl methyl sites for hydroxylation is 1. The van der Waals surface area contributed by atoms with Crippen LogP contribution in [0.5, 0.6) is 0 Å². The molecule has 1 fully saturated rings. The summed E-state index contributed by atoms with van der Waals surface area (Å²) in [6.07, 6.45) is 4.86. The summed E-state index contributed by atoms with van der Waals surface area (Å²) >= 11 is 0. The third kappa shape index (κ3) is 6.87. The van der Waals surface area contributed by atoms with Gasteiger partial charge in [0.05, 0.1) is 18.6 Å². The molecule has 1 aliphatic rings. The molecule has 1 unspecified atom stereocenters. The molecule has 2 aromatic rings. The van der Waals surface area contributed by atoms with E-state index in [0.29, 0.717) is 19.4 Å². The van der Waals surface area contributed by atoms with Gasteiger partial charge in [0.2, 0.25) is 11.7 Å². The maximum absolute atomic E-state index is 13.1. The molecule has 1 aromatic heterocycles. The summed E-state index contributed by atoms with van der Waals surface area (Å²) in [6, 6.07) is 9.35. The summed E-state index contributed by atoms with van der Waals surface area (Å²) in [6.45, 7) is 7.96. The lowest BCUT2D eigenvalue weighted by atomic mass is 10.1. The number of amides is 1. The van der Waals surface area contributed by atoms with Gasteiger partial charge in [0, 0.05) is 0 Å². The molecule has 1 aliphatic heterocycles. The summed E-state index contributed by atoms with van der Waals surface area (Å²) in [5, 5.41) is 6.99. The van der Waals surface area contributed by atoms with E-state index in [9.17, 15) is 14.4 Å². The predicted octanol–water partition coefficient (Wildman–Crippen LogP) is 3.06. The van der Waals surface area contributed by atoms with E-state index in [1.165, 1.54) is 10.2 Å². The normalized spacial score (nSPS) is 17.4. The maximum atomic E-state index is 13.1. The van der Waals surface area contributed by atoms with E-state index >= 15 is 0 Å². The summed E-state index contributed by atoms with van der Waals surface area (Å²) in [5.41, 5.74) is 1.30. The molecular formula is C25H36N4O4. The van der Waals surface area contributed by atoms with Crippen LogP contribution in [0.25, 0.3) is 0 Å². The van der Waals surface area contributed by atoms with E-state index in [-0.39, 0.29) is 23.8 Å². The van der Waals surface area contributed by atoms with Gasteiger partial charge in [0.1, 0.15) is 0 Å². The highest BCUT2D eigenvalue weighted by Crippen LogP contribution is 2.19. The number of carbonyl (C=O) groups is 2. The van der Waals surface area contributed by atoms with E-state index in [2.05, 4.69) is 27.4 Å². The molecule has 33 heavy (non-hydrogen) atoms. The van der Waals surface area contributed by atoms with Gasteiger partial charge in [-0.1, -0.05) is 57.5 Å². The van der Waals surface area contributed by atoms with Gasteiger partial charge in [-0.05, 0) is 56.7 Å². The van der Waals surface area contributed by atoms with E-state index in [1.807, 2.05) is 39.0 Å². The number of likely N-dealkylation sites (tertiary alicyclic amines) is 1. The molecule has 180 valence electrons. The molecule has 1 N–H and O–H groups in total. The number of hydrogen-bond acceptors (Lipinski definition) is 6. The number of aromatic nitrogens is 2. The Morgan fingerprint density at radius 2 is 2.00 bits per heavy atom. The van der Waals surface area contributed by atoms with Crippen LogP contribution in [-0.2, 0) is 17.8 Å². The Kier molecular flexibility index (Phi) is 9.00. The van der Waals surface area contributed by atoms with Crippen LogP contribution in [0.3, 0.4) is 0 Å². The van der Waals surface area contributed by atoms with E-state index in [0.717, 1.165) is 38.8 Å². The van der Waals surface area contributed by atoms with Crippen LogP contribution in [0.1, 0.15) is 69.1 Å². The molecule has 0 bridgehead atoms. The number of hydrogen-bond donors (Lipinski definition) is 1. The lowest BCUT2D eigenvalue weighted by molar-refractivity contribution is -0.126. The van der Waals surface area contributed by atoms with Crippen LogP contribution in [0.15, 0.2) is 39.5 Å². The second kappa shape index (κ2) is 11.9. The van der Waals surface area contributed by atoms with Crippen molar-refractivity contribution in [1.29, 1.82) is 0 Å². The zero-order chi connectivity index (χ0) is 23.8. The van der Waals surface area contributed by atoms with Crippen molar-refractivity contribution in [2.45, 2.75) is 77.9 Å². The molecule has 0 radical (unpaired) electrons. The summed E-state index contributed by atoms with van der Waals surface area (Å²) < 4.78 is 6.29. The minimum atomic E-state index is -0.750. The molecule has 0 saturated carbocycles. The monoisotopic (exact) mass is 456 g/mol. The Bertz CT molecular complexity index is 966. The van der Waals surface area contributed by atoms with Gasteiger partial charge in [-0.3, -0.25) is 14.5 Å². The van der Waals surface area contributed by atoms with Gasteiger partial charge in [-0.25, -0.2) is 4.79 Å². The first-order valence-corrected chi connectivity index (χ1v) is 12.1. The maximum Gasteiger partial charge on any atom is 0.437 e. The number of benzene rings is 1. The Balaban J connectivity index is 1.60. The van der Waals surface area contributed by atoms with Crippen molar-refractivity contribution in [3.63, 3.8) is 0 Å². The van der Waals surface area contributed by atoms with Crippen LogP contribution in [0.2, 0.25) is 0 Å². The lowest BCUT2D eigenvalue weighted by Crippen LogP contribution is -2.49. The SMILES string of the molecule is CCCC(NC(=O)[C@@H]1CCCN1CCCc1ccccc1)C(=O)c1nn(CC(C)C)c(=O)o1. The van der Waals surface area contributed by atoms with Crippen molar-refractivity contribution in [1.82, 2.24) is 20.0 Å². The minimum absolute atomic E-state index is 0.136. The second-order valence-electron chi connectivity index (χ2n) is 9.25. The molecule has 1 aromatic carbocycles. The van der Waals surface area contributed by atoms with Gasteiger partial charge in [0.15, 0.2) is 0 Å². The zero-order valence-electron chi connectivity index (χ0n) is 20.0. The number of carbonyl (C=O) groups excluding carboxylic acids is 2. The second-order valence-corrected chi connectivity index (χ2v) is 9.25. The van der Waals surface area contributed by atoms with Gasteiger partial charge in [0.25, 0.3) is 5.89 Å². The fraction of sp³-hybridized carbons (Fsp3) is 0.600. The number of ketones is 1. The zero-order valence-corrected chi connectivity index (χ0v) is 20.0. The topological polar surface area (TPSA) is 97.4 Å². The standard InChI is InChI=1S/C25H36N4O4/c1-4-10-20(22(30)24-27-29(17-18(2)3)25(32)33-24)26-23(31)21-14-9-16-28(21)15-8-13-19-11-6-5-7-12-19/h5-7,11-12,18,20-21H,4,8-10,13-17H2,1-3H3,(H,26,31)/t20?,21-/m0/s1. The van der Waals surface area contributed by atoms with Crippen molar-refractivity contribution in [2.24, 2.45) is 5.92 Å². The third-order valence-electron chi connectivity index (χ3n) is 5.99. The van der Waals surface area contributed by atoms with E-state index in [1.54, 1.807) is 0 Å². The van der Waals surface area contributed by atoms with Crippen LogP contribution >= 0.6 is 0 Å². The van der Waals surface area contributed by atoms with Crippen LogP contribution in [-0.4, -0.2) is 51.5 Å². The van der Waals surface area contributed by atoms with Crippen LogP contribution in [0.4, 0.5) is 0 Å². The van der Waals surface area contributed by atoms with Crippen LogP contribution < -0.4 is 11.1 Å². The average molecular weight is 457 g/mol. The first-order chi connectivity index (χ1) is 15.9. The Morgan fingerprint density at radius 1 is 1.24 bits per heavy atom.